The fourth-order valence-electron chi connectivity index (χ4n) is 6.99. The predicted octanol–water partition coefficient (Wildman–Crippen LogP) is 11.3. The van der Waals surface area contributed by atoms with Crippen LogP contribution in [0.15, 0.2) is 126 Å². The maximum Gasteiger partial charge on any atom is 0.136 e. The third-order valence-corrected chi connectivity index (χ3v) is 8.74. The number of H-pyrrole nitrogens is 1. The first-order valence-electron chi connectivity index (χ1n) is 15.2. The van der Waals surface area contributed by atoms with Crippen LogP contribution in [0, 0.1) is 0 Å². The van der Waals surface area contributed by atoms with Crippen molar-refractivity contribution in [1.82, 2.24) is 15.0 Å². The van der Waals surface area contributed by atoms with Gasteiger partial charge in [0.15, 0.2) is 0 Å². The van der Waals surface area contributed by atoms with Crippen molar-refractivity contribution in [3.05, 3.63) is 121 Å². The summed E-state index contributed by atoms with van der Waals surface area (Å²) in [6, 6.07) is 42.2. The van der Waals surface area contributed by atoms with Gasteiger partial charge in [-0.3, -0.25) is 0 Å². The van der Waals surface area contributed by atoms with E-state index in [0.29, 0.717) is 0 Å². The minimum atomic E-state index is 0.874. The first kappa shape index (κ1) is 24.8. The summed E-state index contributed by atoms with van der Waals surface area (Å²) in [6.07, 6.45) is 0. The molecule has 3 heterocycles. The molecule has 0 aliphatic carbocycles. The van der Waals surface area contributed by atoms with Crippen LogP contribution in [0.1, 0.15) is 13.8 Å². The first-order valence-corrected chi connectivity index (χ1v) is 15.2. The second-order valence-corrected chi connectivity index (χ2v) is 11.0. The number of hydrogen-bond acceptors (Lipinski definition) is 3. The standard InChI is InChI=1S/C38H21N3O.C2H6/c1-2-10-21(11-3-1)36-38(41-29-17-7-6-16-28(29)40-36)26-20-25-22-12-4-5-15-27(22)39-37(25)35-24-14-9-19-31-34(24)33-23(32(26)35)13-8-18-30(33)42-31;1-2/h1-20,39H;1-2H3. The highest BCUT2D eigenvalue weighted by Gasteiger charge is 2.24. The Labute approximate surface area is 252 Å². The number of aromatic amines is 1. The van der Waals surface area contributed by atoms with E-state index in [0.717, 1.165) is 71.9 Å². The lowest BCUT2D eigenvalue weighted by Gasteiger charge is -2.16. The number of furan rings is 1. The van der Waals surface area contributed by atoms with Gasteiger partial charge in [-0.05, 0) is 47.2 Å². The molecule has 208 valence electrons. The summed E-state index contributed by atoms with van der Waals surface area (Å²) in [5.74, 6) is 0. The lowest BCUT2D eigenvalue weighted by molar-refractivity contribution is 0.669. The molecule has 3 aromatic heterocycles. The van der Waals surface area contributed by atoms with Crippen LogP contribution in [-0.2, 0) is 0 Å². The molecule has 0 unspecified atom stereocenters. The topological polar surface area (TPSA) is 54.7 Å². The third-order valence-electron chi connectivity index (χ3n) is 8.74. The van der Waals surface area contributed by atoms with E-state index in [1.165, 1.54) is 26.9 Å². The second-order valence-electron chi connectivity index (χ2n) is 11.0. The van der Waals surface area contributed by atoms with Crippen molar-refractivity contribution in [1.29, 1.82) is 0 Å². The molecule has 0 aliphatic rings. The van der Waals surface area contributed by atoms with E-state index in [2.05, 4.69) is 96.0 Å². The summed E-state index contributed by atoms with van der Waals surface area (Å²) in [4.78, 5) is 14.4. The first-order chi connectivity index (χ1) is 21.8. The number of nitrogens with one attached hydrogen (secondary N) is 1. The molecule has 0 amide bonds. The summed E-state index contributed by atoms with van der Waals surface area (Å²) in [5, 5.41) is 9.35. The van der Waals surface area contributed by atoms with Gasteiger partial charge in [-0.15, -0.1) is 0 Å². The van der Waals surface area contributed by atoms with Gasteiger partial charge < -0.3 is 9.40 Å². The summed E-state index contributed by atoms with van der Waals surface area (Å²) in [6.45, 7) is 4.00. The van der Waals surface area contributed by atoms with Crippen LogP contribution in [0.3, 0.4) is 0 Å². The quantitative estimate of drug-likeness (QED) is 0.212. The molecule has 0 saturated heterocycles. The van der Waals surface area contributed by atoms with Gasteiger partial charge in [0.25, 0.3) is 0 Å². The van der Waals surface area contributed by atoms with Crippen molar-refractivity contribution in [3.63, 3.8) is 0 Å². The number of nitrogens with zero attached hydrogens (tertiary/aromatic N) is 2. The van der Waals surface area contributed by atoms with Crippen molar-refractivity contribution >= 4 is 76.3 Å². The van der Waals surface area contributed by atoms with Crippen LogP contribution >= 0.6 is 0 Å². The van der Waals surface area contributed by atoms with Crippen LogP contribution in [0.4, 0.5) is 0 Å². The molecule has 10 rings (SSSR count). The van der Waals surface area contributed by atoms with Crippen molar-refractivity contribution in [2.45, 2.75) is 13.8 Å². The van der Waals surface area contributed by atoms with Crippen molar-refractivity contribution in [2.24, 2.45) is 0 Å². The van der Waals surface area contributed by atoms with E-state index in [9.17, 15) is 0 Å². The van der Waals surface area contributed by atoms with Crippen LogP contribution in [0.5, 0.6) is 0 Å². The Kier molecular flexibility index (Phi) is 5.29. The Bertz CT molecular complexity index is 2680. The average Bonchev–Trinajstić information content (AvgIpc) is 3.67. The highest BCUT2D eigenvalue weighted by Crippen LogP contribution is 2.49. The normalized spacial score (nSPS) is 11.9. The van der Waals surface area contributed by atoms with Crippen molar-refractivity contribution in [3.8, 4) is 22.5 Å². The molecule has 4 nitrogen and oxygen atoms in total. The van der Waals surface area contributed by atoms with E-state index >= 15 is 0 Å². The molecular weight excluding hydrogens is 538 g/mol. The molecule has 0 saturated carbocycles. The lowest BCUT2D eigenvalue weighted by Crippen LogP contribution is -1.97. The van der Waals surface area contributed by atoms with Crippen LogP contribution in [0.2, 0.25) is 0 Å². The van der Waals surface area contributed by atoms with E-state index in [-0.39, 0.29) is 0 Å². The molecule has 7 aromatic carbocycles. The SMILES string of the molecule is CC.c1ccc(-c2nc3ccccc3nc2-c2cc3c4ccccc4[nH]c3c3c4cccc5oc6cccc(c23)c6c54)cc1. The van der Waals surface area contributed by atoms with Gasteiger partial charge in [-0.2, -0.15) is 0 Å². The molecule has 0 spiro atoms. The number of rotatable bonds is 2. The molecule has 0 fully saturated rings. The fourth-order valence-corrected chi connectivity index (χ4v) is 6.99. The van der Waals surface area contributed by atoms with Gasteiger partial charge in [-0.1, -0.05) is 98.8 Å². The van der Waals surface area contributed by atoms with Gasteiger partial charge in [0.2, 0.25) is 0 Å². The van der Waals surface area contributed by atoms with E-state index in [1.54, 1.807) is 0 Å². The average molecular weight is 566 g/mol. The Morgan fingerprint density at radius 1 is 0.500 bits per heavy atom. The molecule has 0 aliphatic heterocycles. The molecular formula is C40H27N3O. The largest absolute Gasteiger partial charge is 0.456 e. The zero-order valence-electron chi connectivity index (χ0n) is 24.3. The monoisotopic (exact) mass is 565 g/mol. The summed E-state index contributed by atoms with van der Waals surface area (Å²) in [7, 11) is 0. The van der Waals surface area contributed by atoms with Gasteiger partial charge in [0.1, 0.15) is 11.2 Å². The van der Waals surface area contributed by atoms with E-state index in [4.69, 9.17) is 14.4 Å². The van der Waals surface area contributed by atoms with Crippen LogP contribution < -0.4 is 0 Å². The molecule has 0 radical (unpaired) electrons. The highest BCUT2D eigenvalue weighted by atomic mass is 16.3. The second kappa shape index (κ2) is 9.38. The number of fused-ring (bicyclic) bond motifs is 8. The van der Waals surface area contributed by atoms with Gasteiger partial charge in [0, 0.05) is 49.0 Å². The molecule has 10 aromatic rings. The van der Waals surface area contributed by atoms with E-state index < -0.39 is 0 Å². The van der Waals surface area contributed by atoms with Crippen LogP contribution in [0.25, 0.3) is 98.8 Å². The van der Waals surface area contributed by atoms with Gasteiger partial charge in [0.05, 0.1) is 27.9 Å². The highest BCUT2D eigenvalue weighted by molar-refractivity contribution is 6.40. The number of para-hydroxylation sites is 3. The summed E-state index contributed by atoms with van der Waals surface area (Å²) >= 11 is 0. The van der Waals surface area contributed by atoms with Crippen LogP contribution in [-0.4, -0.2) is 15.0 Å². The molecule has 1 N–H and O–H groups in total. The Morgan fingerprint density at radius 3 is 1.82 bits per heavy atom. The summed E-state index contributed by atoms with van der Waals surface area (Å²) < 4.78 is 6.41. The summed E-state index contributed by atoms with van der Waals surface area (Å²) in [5.41, 5.74) is 9.66. The minimum Gasteiger partial charge on any atom is -0.456 e. The molecule has 0 bridgehead atoms. The third kappa shape index (κ3) is 3.34. The minimum absolute atomic E-state index is 0.874. The number of benzene rings is 7. The zero-order valence-corrected chi connectivity index (χ0v) is 24.3. The van der Waals surface area contributed by atoms with Gasteiger partial charge >= 0.3 is 0 Å². The number of hydrogen-bond donors (Lipinski definition) is 1. The zero-order chi connectivity index (χ0) is 29.4. The van der Waals surface area contributed by atoms with E-state index in [1.807, 2.05) is 44.2 Å². The fraction of sp³-hybridized carbons (Fsp3) is 0.0500. The lowest BCUT2D eigenvalue weighted by atomic mass is 9.88. The van der Waals surface area contributed by atoms with Crippen molar-refractivity contribution < 1.29 is 4.42 Å². The predicted molar refractivity (Wildman–Crippen MR) is 185 cm³/mol. The Morgan fingerprint density at radius 2 is 1.09 bits per heavy atom. The molecule has 0 atom stereocenters. The van der Waals surface area contributed by atoms with Gasteiger partial charge in [-0.25, -0.2) is 9.97 Å². The maximum absolute atomic E-state index is 6.41. The van der Waals surface area contributed by atoms with Crippen molar-refractivity contribution in [2.75, 3.05) is 0 Å². The smallest absolute Gasteiger partial charge is 0.136 e. The Hall–Kier alpha value is -5.74. The maximum atomic E-state index is 6.41. The molecule has 44 heavy (non-hydrogen) atoms. The molecule has 4 heteroatoms. The Balaban J connectivity index is 0.00000133. The number of aromatic nitrogens is 3.